The van der Waals surface area contributed by atoms with E-state index < -0.39 is 5.79 Å². The normalized spacial score (nSPS) is 20.2. The van der Waals surface area contributed by atoms with Gasteiger partial charge in [0.25, 0.3) is 0 Å². The van der Waals surface area contributed by atoms with Crippen molar-refractivity contribution in [3.63, 3.8) is 0 Å². The summed E-state index contributed by atoms with van der Waals surface area (Å²) in [6.07, 6.45) is 8.60. The van der Waals surface area contributed by atoms with E-state index in [1.165, 1.54) is 26.2 Å². The van der Waals surface area contributed by atoms with Crippen molar-refractivity contribution in [2.45, 2.75) is 57.5 Å². The fourth-order valence-corrected chi connectivity index (χ4v) is 4.34. The third-order valence-electron chi connectivity index (χ3n) is 6.36. The zero-order valence-electron chi connectivity index (χ0n) is 17.9. The first-order valence-electron chi connectivity index (χ1n) is 10.9. The van der Waals surface area contributed by atoms with Gasteiger partial charge in [0, 0.05) is 56.5 Å². The van der Waals surface area contributed by atoms with Crippen molar-refractivity contribution in [3.05, 3.63) is 48.2 Å². The predicted octanol–water partition coefficient (Wildman–Crippen LogP) is 4.31. The van der Waals surface area contributed by atoms with Gasteiger partial charge in [-0.15, -0.1) is 0 Å². The average molecular weight is 410 g/mol. The number of carbonyl (C=O) groups excluding carboxylic acids is 1. The number of piperidine rings is 1. The van der Waals surface area contributed by atoms with Crippen LogP contribution in [0.3, 0.4) is 0 Å². The second-order valence-corrected chi connectivity index (χ2v) is 8.20. The summed E-state index contributed by atoms with van der Waals surface area (Å²) in [4.78, 5) is 17.9. The Kier molecular flexibility index (Phi) is 6.35. The number of benzene rings is 1. The van der Waals surface area contributed by atoms with E-state index in [0.717, 1.165) is 61.1 Å². The molecule has 1 saturated heterocycles. The van der Waals surface area contributed by atoms with Crippen LogP contribution in [-0.4, -0.2) is 48.1 Å². The number of fused-ring (bicyclic) bond motifs is 1. The molecule has 3 aliphatic rings. The topological polar surface area (TPSA) is 54.9 Å². The third kappa shape index (κ3) is 4.35. The molecule has 6 heteroatoms. The molecule has 3 heterocycles. The van der Waals surface area contributed by atoms with Gasteiger partial charge < -0.3 is 19.2 Å². The Hall–Kier alpha value is -2.44. The molecule has 0 bridgehead atoms. The number of nitrogens with zero attached hydrogens (tertiary/aromatic N) is 3. The zero-order chi connectivity index (χ0) is 21.0. The van der Waals surface area contributed by atoms with Crippen LogP contribution >= 0.6 is 0 Å². The molecule has 6 nitrogen and oxygen atoms in total. The minimum absolute atomic E-state index is 0.429. The van der Waals surface area contributed by atoms with E-state index in [0.29, 0.717) is 6.61 Å². The molecule has 5 rings (SSSR count). The molecule has 1 aromatic carbocycles. The lowest BCUT2D eigenvalue weighted by molar-refractivity contribution is -0.231. The van der Waals surface area contributed by atoms with Crippen molar-refractivity contribution >= 4 is 17.8 Å². The first-order chi connectivity index (χ1) is 14.6. The Balaban J connectivity index is 0.000000687. The maximum absolute atomic E-state index is 8.81. The maximum atomic E-state index is 8.81. The van der Waals surface area contributed by atoms with Crippen molar-refractivity contribution in [2.24, 2.45) is 0 Å². The molecule has 1 saturated carbocycles. The van der Waals surface area contributed by atoms with Crippen LogP contribution in [0.15, 0.2) is 42.6 Å². The summed E-state index contributed by atoms with van der Waals surface area (Å²) in [6, 6.07) is 13.1. The van der Waals surface area contributed by atoms with Crippen LogP contribution in [0.25, 0.3) is 0 Å². The van der Waals surface area contributed by atoms with Gasteiger partial charge >= 0.3 is 0 Å². The number of aromatic nitrogens is 1. The van der Waals surface area contributed by atoms with Crippen LogP contribution in [0.5, 0.6) is 5.75 Å². The third-order valence-corrected chi connectivity index (χ3v) is 6.36. The van der Waals surface area contributed by atoms with E-state index in [4.69, 9.17) is 14.3 Å². The van der Waals surface area contributed by atoms with E-state index in [1.807, 2.05) is 31.4 Å². The van der Waals surface area contributed by atoms with Crippen LogP contribution in [0, 0.1) is 0 Å². The summed E-state index contributed by atoms with van der Waals surface area (Å²) in [5.41, 5.74) is 2.21. The molecular formula is C24H31N3O3. The molecule has 1 aliphatic carbocycles. The van der Waals surface area contributed by atoms with Crippen LogP contribution < -0.4 is 9.64 Å². The van der Waals surface area contributed by atoms with Gasteiger partial charge in [0.2, 0.25) is 5.79 Å². The lowest BCUT2D eigenvalue weighted by Gasteiger charge is -2.47. The predicted molar refractivity (Wildman–Crippen MR) is 117 cm³/mol. The number of likely N-dealkylation sites (tertiary alicyclic amines) is 1. The molecule has 0 atom stereocenters. The number of aldehydes is 1. The minimum Gasteiger partial charge on any atom is -0.462 e. The van der Waals surface area contributed by atoms with Crippen LogP contribution in [0.1, 0.15) is 44.6 Å². The Labute approximate surface area is 178 Å². The molecule has 2 aliphatic heterocycles. The maximum Gasteiger partial charge on any atom is 0.213 e. The largest absolute Gasteiger partial charge is 0.462 e. The zero-order valence-corrected chi connectivity index (χ0v) is 17.9. The van der Waals surface area contributed by atoms with E-state index in [2.05, 4.69) is 33.0 Å². The molecule has 30 heavy (non-hydrogen) atoms. The summed E-state index contributed by atoms with van der Waals surface area (Å²) in [5.74, 6) is 1.47. The Morgan fingerprint density at radius 2 is 1.97 bits per heavy atom. The number of pyridine rings is 1. The second-order valence-electron chi connectivity index (χ2n) is 8.20. The number of rotatable bonds is 3. The van der Waals surface area contributed by atoms with Crippen molar-refractivity contribution in [1.29, 1.82) is 0 Å². The van der Waals surface area contributed by atoms with E-state index in [-0.39, 0.29) is 0 Å². The number of ether oxygens (including phenoxy) is 2. The van der Waals surface area contributed by atoms with E-state index in [9.17, 15) is 0 Å². The number of hydrogen-bond donors (Lipinski definition) is 0. The Morgan fingerprint density at radius 1 is 1.20 bits per heavy atom. The second kappa shape index (κ2) is 9.14. The van der Waals surface area contributed by atoms with Gasteiger partial charge in [-0.1, -0.05) is 12.5 Å². The number of carbonyl (C=O) groups is 1. The smallest absolute Gasteiger partial charge is 0.213 e. The standard InChI is InChI=1S/C22H27N3O2.C2H4O/c1-24(21-7-2-3-12-23-21)19-8-9-20-17(15-19)16-26-22(27-20)10-13-25(14-11-22)18-5-4-6-18;1-2-3/h2-3,7-9,12,15,18H,4-6,10-11,13-14,16H2,1H3;2H,1H3. The average Bonchev–Trinajstić information content (AvgIpc) is 2.75. The highest BCUT2D eigenvalue weighted by Gasteiger charge is 2.42. The van der Waals surface area contributed by atoms with Crippen molar-refractivity contribution < 1.29 is 14.3 Å². The van der Waals surface area contributed by atoms with Crippen LogP contribution in [0.2, 0.25) is 0 Å². The summed E-state index contributed by atoms with van der Waals surface area (Å²) in [5, 5.41) is 0. The molecular weight excluding hydrogens is 378 g/mol. The summed E-state index contributed by atoms with van der Waals surface area (Å²) in [6.45, 7) is 4.23. The Morgan fingerprint density at radius 3 is 2.60 bits per heavy atom. The van der Waals surface area contributed by atoms with Gasteiger partial charge in [-0.2, -0.15) is 0 Å². The monoisotopic (exact) mass is 409 g/mol. The molecule has 2 aromatic rings. The first kappa shape index (κ1) is 20.8. The highest BCUT2D eigenvalue weighted by atomic mass is 16.7. The molecule has 0 amide bonds. The molecule has 0 radical (unpaired) electrons. The Bertz CT molecular complexity index is 846. The van der Waals surface area contributed by atoms with Crippen molar-refractivity contribution in [2.75, 3.05) is 25.0 Å². The fourth-order valence-electron chi connectivity index (χ4n) is 4.34. The van der Waals surface area contributed by atoms with Gasteiger partial charge in [0.1, 0.15) is 17.9 Å². The highest BCUT2D eigenvalue weighted by Crippen LogP contribution is 2.40. The molecule has 0 N–H and O–H groups in total. The minimum atomic E-state index is -0.429. The van der Waals surface area contributed by atoms with E-state index in [1.54, 1.807) is 0 Å². The summed E-state index contributed by atoms with van der Waals surface area (Å²) < 4.78 is 12.7. The number of anilines is 2. The van der Waals surface area contributed by atoms with E-state index >= 15 is 0 Å². The van der Waals surface area contributed by atoms with Crippen LogP contribution in [0.4, 0.5) is 11.5 Å². The quantitative estimate of drug-likeness (QED) is 0.704. The molecule has 2 fully saturated rings. The lowest BCUT2D eigenvalue weighted by Crippen LogP contribution is -2.54. The van der Waals surface area contributed by atoms with Gasteiger partial charge in [0.05, 0.1) is 6.61 Å². The van der Waals surface area contributed by atoms with Gasteiger partial charge in [-0.05, 0) is 50.1 Å². The van der Waals surface area contributed by atoms with Crippen LogP contribution in [-0.2, 0) is 16.1 Å². The molecule has 1 spiro atoms. The van der Waals surface area contributed by atoms with Gasteiger partial charge in [-0.3, -0.25) is 4.90 Å². The summed E-state index contributed by atoms with van der Waals surface area (Å²) >= 11 is 0. The fraction of sp³-hybridized carbons (Fsp3) is 0.500. The van der Waals surface area contributed by atoms with Gasteiger partial charge in [-0.25, -0.2) is 4.98 Å². The van der Waals surface area contributed by atoms with Crippen molar-refractivity contribution in [1.82, 2.24) is 9.88 Å². The molecule has 1 aromatic heterocycles. The SMILES string of the molecule is CC=O.CN(c1ccc2c(c1)COC1(CCN(C3CCC3)CC1)O2)c1ccccn1. The highest BCUT2D eigenvalue weighted by molar-refractivity contribution is 5.61. The molecule has 160 valence electrons. The lowest BCUT2D eigenvalue weighted by atomic mass is 9.89. The summed E-state index contributed by atoms with van der Waals surface area (Å²) in [7, 11) is 2.03. The molecule has 0 unspecified atom stereocenters. The van der Waals surface area contributed by atoms with Crippen molar-refractivity contribution in [3.8, 4) is 5.75 Å². The first-order valence-corrected chi connectivity index (χ1v) is 10.9. The number of hydrogen-bond acceptors (Lipinski definition) is 6. The van der Waals surface area contributed by atoms with Gasteiger partial charge in [0.15, 0.2) is 0 Å².